The number of non-ortho nitro benzene ring substituents is 1. The molecule has 0 aliphatic rings. The molecule has 2 aromatic carbocycles. The van der Waals surface area contributed by atoms with Gasteiger partial charge in [-0.05, 0) is 24.6 Å². The number of thiazole rings is 1. The van der Waals surface area contributed by atoms with E-state index in [9.17, 15) is 14.9 Å². The Kier molecular flexibility index (Phi) is 2.55. The van der Waals surface area contributed by atoms with E-state index >= 15 is 0 Å². The lowest BCUT2D eigenvalue weighted by Crippen LogP contribution is -2.14. The van der Waals surface area contributed by atoms with Crippen molar-refractivity contribution in [2.45, 2.75) is 6.92 Å². The molecule has 0 aliphatic carbocycles. The molecule has 0 aliphatic heterocycles. The molecule has 0 unspecified atom stereocenters. The molecule has 0 bridgehead atoms. The summed E-state index contributed by atoms with van der Waals surface area (Å²) in [5, 5.41) is 11.3. The zero-order chi connectivity index (χ0) is 15.4. The Morgan fingerprint density at radius 2 is 2.09 bits per heavy atom. The second-order valence-corrected chi connectivity index (χ2v) is 6.03. The number of nitro benzene ring substituents is 1. The third-order valence-electron chi connectivity index (χ3n) is 3.66. The average Bonchev–Trinajstić information content (AvgIpc) is 2.86. The highest BCUT2D eigenvalue weighted by molar-refractivity contribution is 7.23. The summed E-state index contributed by atoms with van der Waals surface area (Å²) < 4.78 is 2.55. The summed E-state index contributed by atoms with van der Waals surface area (Å²) in [5.41, 5.74) is 1.93. The van der Waals surface area contributed by atoms with Gasteiger partial charge in [-0.15, -0.1) is 0 Å². The Hall–Kier alpha value is -2.80. The van der Waals surface area contributed by atoms with E-state index in [2.05, 4.69) is 4.98 Å². The first kappa shape index (κ1) is 12.9. The molecule has 0 atom stereocenters. The zero-order valence-electron chi connectivity index (χ0n) is 11.4. The standard InChI is InChI=1S/C15H9N3O3S/c1-8-3-2-4-12-13(8)17-14(19)10-6-5-9(18(20)21)7-11(10)16-15(17)22-12/h2-7H,1H3. The number of fused-ring (bicyclic) bond motifs is 4. The number of aromatic nitrogens is 2. The van der Waals surface area contributed by atoms with Crippen LogP contribution >= 0.6 is 11.3 Å². The van der Waals surface area contributed by atoms with Crippen LogP contribution in [0.4, 0.5) is 5.69 Å². The average molecular weight is 311 g/mol. The molecule has 2 heterocycles. The smallest absolute Gasteiger partial charge is 0.268 e. The summed E-state index contributed by atoms with van der Waals surface area (Å²) in [6.45, 7) is 1.95. The monoisotopic (exact) mass is 311 g/mol. The second kappa shape index (κ2) is 4.35. The first-order valence-electron chi connectivity index (χ1n) is 6.55. The molecule has 22 heavy (non-hydrogen) atoms. The van der Waals surface area contributed by atoms with Crippen molar-refractivity contribution in [2.24, 2.45) is 0 Å². The molecule has 0 spiro atoms. The molecule has 0 amide bonds. The highest BCUT2D eigenvalue weighted by Crippen LogP contribution is 2.28. The quantitative estimate of drug-likeness (QED) is 0.399. The Morgan fingerprint density at radius 1 is 1.27 bits per heavy atom. The number of benzene rings is 2. The van der Waals surface area contributed by atoms with Crippen molar-refractivity contribution in [3.8, 4) is 0 Å². The predicted octanol–water partition coefficient (Wildman–Crippen LogP) is 3.28. The normalized spacial score (nSPS) is 11.5. The van der Waals surface area contributed by atoms with Crippen LogP contribution in [0.5, 0.6) is 0 Å². The molecule has 0 fully saturated rings. The Balaban J connectivity index is 2.24. The van der Waals surface area contributed by atoms with E-state index in [1.165, 1.54) is 29.5 Å². The molecule has 6 nitrogen and oxygen atoms in total. The van der Waals surface area contributed by atoms with Crippen LogP contribution in [0.25, 0.3) is 26.1 Å². The van der Waals surface area contributed by atoms with E-state index in [1.807, 2.05) is 25.1 Å². The number of nitrogens with zero attached hydrogens (tertiary/aromatic N) is 3. The molecule has 0 saturated carbocycles. The van der Waals surface area contributed by atoms with E-state index in [0.717, 1.165) is 15.8 Å². The Labute approximate surface area is 127 Å². The van der Waals surface area contributed by atoms with Crippen molar-refractivity contribution in [1.29, 1.82) is 0 Å². The van der Waals surface area contributed by atoms with Crippen LogP contribution in [0.2, 0.25) is 0 Å². The van der Waals surface area contributed by atoms with Crippen molar-refractivity contribution >= 4 is 43.1 Å². The van der Waals surface area contributed by atoms with Crippen molar-refractivity contribution < 1.29 is 4.92 Å². The van der Waals surface area contributed by atoms with Gasteiger partial charge in [0.25, 0.3) is 11.2 Å². The van der Waals surface area contributed by atoms with Crippen LogP contribution in [0.3, 0.4) is 0 Å². The molecule has 4 aromatic rings. The van der Waals surface area contributed by atoms with Crippen LogP contribution in [0.1, 0.15) is 5.56 Å². The molecule has 108 valence electrons. The van der Waals surface area contributed by atoms with E-state index in [-0.39, 0.29) is 11.2 Å². The van der Waals surface area contributed by atoms with Crippen LogP contribution in [-0.4, -0.2) is 14.3 Å². The fraction of sp³-hybridized carbons (Fsp3) is 0.0667. The van der Waals surface area contributed by atoms with Crippen molar-refractivity contribution in [2.75, 3.05) is 0 Å². The van der Waals surface area contributed by atoms with E-state index in [0.29, 0.717) is 15.9 Å². The molecule has 4 rings (SSSR count). The van der Waals surface area contributed by atoms with Gasteiger partial charge in [-0.1, -0.05) is 23.5 Å². The minimum Gasteiger partial charge on any atom is -0.268 e. The van der Waals surface area contributed by atoms with Gasteiger partial charge < -0.3 is 0 Å². The summed E-state index contributed by atoms with van der Waals surface area (Å²) in [6.07, 6.45) is 0. The number of aryl methyl sites for hydroxylation is 1. The summed E-state index contributed by atoms with van der Waals surface area (Å²) in [6, 6.07) is 9.96. The number of nitro groups is 1. The van der Waals surface area contributed by atoms with Crippen molar-refractivity contribution in [1.82, 2.24) is 9.38 Å². The largest absolute Gasteiger partial charge is 0.271 e. The van der Waals surface area contributed by atoms with Crippen LogP contribution in [-0.2, 0) is 0 Å². The topological polar surface area (TPSA) is 77.5 Å². The van der Waals surface area contributed by atoms with E-state index in [1.54, 1.807) is 4.40 Å². The summed E-state index contributed by atoms with van der Waals surface area (Å²) in [4.78, 5) is 28.1. The summed E-state index contributed by atoms with van der Waals surface area (Å²) >= 11 is 1.40. The third kappa shape index (κ3) is 1.66. The summed E-state index contributed by atoms with van der Waals surface area (Å²) in [5.74, 6) is 0. The van der Waals surface area contributed by atoms with Gasteiger partial charge >= 0.3 is 0 Å². The van der Waals surface area contributed by atoms with Crippen molar-refractivity contribution in [3.05, 3.63) is 62.4 Å². The van der Waals surface area contributed by atoms with Crippen LogP contribution < -0.4 is 5.56 Å². The SMILES string of the molecule is Cc1cccc2sc3nc4cc([N+](=O)[O-])ccc4c(=O)n3c12. The van der Waals surface area contributed by atoms with Gasteiger partial charge in [0.1, 0.15) is 0 Å². The first-order valence-corrected chi connectivity index (χ1v) is 7.37. The van der Waals surface area contributed by atoms with Gasteiger partial charge in [-0.2, -0.15) is 0 Å². The molecular formula is C15H9N3O3S. The molecule has 0 N–H and O–H groups in total. The lowest BCUT2D eigenvalue weighted by molar-refractivity contribution is -0.384. The van der Waals surface area contributed by atoms with Gasteiger partial charge in [-0.3, -0.25) is 19.3 Å². The van der Waals surface area contributed by atoms with Gasteiger partial charge in [0.05, 0.1) is 26.0 Å². The molecule has 0 saturated heterocycles. The third-order valence-corrected chi connectivity index (χ3v) is 4.66. The first-order chi connectivity index (χ1) is 10.6. The van der Waals surface area contributed by atoms with Crippen molar-refractivity contribution in [3.63, 3.8) is 0 Å². The number of rotatable bonds is 1. The fourth-order valence-corrected chi connectivity index (χ4v) is 3.73. The fourth-order valence-electron chi connectivity index (χ4n) is 2.63. The summed E-state index contributed by atoms with van der Waals surface area (Å²) in [7, 11) is 0. The molecule has 2 aromatic heterocycles. The number of hydrogen-bond acceptors (Lipinski definition) is 5. The molecule has 0 radical (unpaired) electrons. The lowest BCUT2D eigenvalue weighted by atomic mass is 10.2. The maximum absolute atomic E-state index is 12.8. The lowest BCUT2D eigenvalue weighted by Gasteiger charge is -2.01. The van der Waals surface area contributed by atoms with E-state index in [4.69, 9.17) is 0 Å². The maximum Gasteiger partial charge on any atom is 0.271 e. The highest BCUT2D eigenvalue weighted by Gasteiger charge is 2.15. The number of hydrogen-bond donors (Lipinski definition) is 0. The minimum absolute atomic E-state index is 0.0685. The van der Waals surface area contributed by atoms with Crippen LogP contribution in [0, 0.1) is 17.0 Å². The predicted molar refractivity (Wildman–Crippen MR) is 85.7 cm³/mol. The van der Waals surface area contributed by atoms with Crippen LogP contribution in [0.15, 0.2) is 41.2 Å². The second-order valence-electron chi connectivity index (χ2n) is 5.02. The van der Waals surface area contributed by atoms with Gasteiger partial charge in [0, 0.05) is 12.1 Å². The highest BCUT2D eigenvalue weighted by atomic mass is 32.1. The molecule has 7 heteroatoms. The van der Waals surface area contributed by atoms with Gasteiger partial charge in [0.2, 0.25) is 0 Å². The Bertz CT molecular complexity index is 1140. The zero-order valence-corrected chi connectivity index (χ0v) is 12.3. The van der Waals surface area contributed by atoms with Gasteiger partial charge in [-0.25, -0.2) is 4.98 Å². The maximum atomic E-state index is 12.8. The van der Waals surface area contributed by atoms with Gasteiger partial charge in [0.15, 0.2) is 4.96 Å². The van der Waals surface area contributed by atoms with E-state index < -0.39 is 4.92 Å². The minimum atomic E-state index is -0.488. The number of para-hydroxylation sites is 1. The molecular weight excluding hydrogens is 302 g/mol. The Morgan fingerprint density at radius 3 is 2.86 bits per heavy atom.